The molecule has 0 bridgehead atoms. The summed E-state index contributed by atoms with van der Waals surface area (Å²) < 4.78 is 5.51. The Kier molecular flexibility index (Phi) is 5.93. The van der Waals surface area contributed by atoms with E-state index in [9.17, 15) is 14.4 Å². The van der Waals surface area contributed by atoms with E-state index in [4.69, 9.17) is 9.84 Å². The maximum absolute atomic E-state index is 12.4. The third-order valence-electron chi connectivity index (χ3n) is 6.08. The molecule has 2 N–H and O–H groups in total. The van der Waals surface area contributed by atoms with Gasteiger partial charge in [-0.15, -0.1) is 0 Å². The molecule has 0 radical (unpaired) electrons. The van der Waals surface area contributed by atoms with Gasteiger partial charge in [-0.25, -0.2) is 4.79 Å². The fraction of sp³-hybridized carbons (Fsp3) is 0.375. The van der Waals surface area contributed by atoms with Crippen LogP contribution in [0.15, 0.2) is 48.5 Å². The van der Waals surface area contributed by atoms with Crippen molar-refractivity contribution in [1.29, 1.82) is 0 Å². The topological polar surface area (TPSA) is 95.9 Å². The van der Waals surface area contributed by atoms with Crippen LogP contribution in [0.2, 0.25) is 0 Å². The monoisotopic (exact) mass is 422 g/mol. The van der Waals surface area contributed by atoms with Gasteiger partial charge in [-0.1, -0.05) is 48.5 Å². The molecule has 0 spiro atoms. The summed E-state index contributed by atoms with van der Waals surface area (Å²) in [5.41, 5.74) is 4.61. The second-order valence-electron chi connectivity index (χ2n) is 8.24. The van der Waals surface area contributed by atoms with Crippen LogP contribution in [0.5, 0.6) is 0 Å². The zero-order chi connectivity index (χ0) is 22.0. The average molecular weight is 422 g/mol. The van der Waals surface area contributed by atoms with Gasteiger partial charge in [0.1, 0.15) is 6.61 Å². The van der Waals surface area contributed by atoms with E-state index in [1.54, 1.807) is 11.8 Å². The Morgan fingerprint density at radius 1 is 1.10 bits per heavy atom. The van der Waals surface area contributed by atoms with Crippen LogP contribution in [0, 0.1) is 5.92 Å². The molecule has 2 unspecified atom stereocenters. The highest BCUT2D eigenvalue weighted by atomic mass is 16.5. The number of ether oxygens (including phenoxy) is 1. The molecule has 1 aliphatic carbocycles. The zero-order valence-electron chi connectivity index (χ0n) is 17.4. The lowest BCUT2D eigenvalue weighted by molar-refractivity contribution is -0.141. The number of rotatable bonds is 6. The summed E-state index contributed by atoms with van der Waals surface area (Å²) in [4.78, 5) is 37.3. The van der Waals surface area contributed by atoms with Crippen molar-refractivity contribution < 1.29 is 24.2 Å². The number of nitrogens with one attached hydrogen (secondary N) is 1. The second-order valence-corrected chi connectivity index (χ2v) is 8.24. The van der Waals surface area contributed by atoms with E-state index in [0.29, 0.717) is 13.0 Å². The molecule has 1 saturated heterocycles. The number of amides is 2. The average Bonchev–Trinajstić information content (AvgIpc) is 3.36. The van der Waals surface area contributed by atoms with Gasteiger partial charge in [0.05, 0.1) is 5.92 Å². The van der Waals surface area contributed by atoms with Gasteiger partial charge < -0.3 is 20.1 Å². The van der Waals surface area contributed by atoms with Crippen molar-refractivity contribution in [3.63, 3.8) is 0 Å². The van der Waals surface area contributed by atoms with Gasteiger partial charge in [0, 0.05) is 31.5 Å². The van der Waals surface area contributed by atoms with Crippen molar-refractivity contribution in [1.82, 2.24) is 10.2 Å². The Bertz CT molecular complexity index is 959. The lowest BCUT2D eigenvalue weighted by Gasteiger charge is -2.20. The molecule has 1 heterocycles. The number of carboxylic acid groups (broad SMARTS) is 1. The first-order valence-corrected chi connectivity index (χ1v) is 10.6. The Morgan fingerprint density at radius 2 is 1.71 bits per heavy atom. The van der Waals surface area contributed by atoms with Crippen molar-refractivity contribution in [2.45, 2.75) is 31.7 Å². The van der Waals surface area contributed by atoms with Crippen molar-refractivity contribution in [2.24, 2.45) is 5.92 Å². The van der Waals surface area contributed by atoms with Crippen molar-refractivity contribution >= 4 is 18.0 Å². The highest BCUT2D eigenvalue weighted by molar-refractivity contribution is 5.80. The smallest absolute Gasteiger partial charge is 0.407 e. The van der Waals surface area contributed by atoms with Gasteiger partial charge in [-0.3, -0.25) is 9.59 Å². The van der Waals surface area contributed by atoms with Crippen molar-refractivity contribution in [3.8, 4) is 11.1 Å². The van der Waals surface area contributed by atoms with E-state index in [0.717, 1.165) is 22.3 Å². The number of hydrogen-bond donors (Lipinski definition) is 2. The number of aliphatic carboxylic acids is 1. The fourth-order valence-electron chi connectivity index (χ4n) is 4.47. The third kappa shape index (κ3) is 4.40. The molecular formula is C24H26N2O5. The number of carbonyl (C=O) groups is 3. The summed E-state index contributed by atoms with van der Waals surface area (Å²) in [7, 11) is 0. The van der Waals surface area contributed by atoms with E-state index < -0.39 is 24.0 Å². The maximum Gasteiger partial charge on any atom is 0.407 e. The minimum absolute atomic E-state index is 0.0207. The van der Waals surface area contributed by atoms with Gasteiger partial charge in [0.15, 0.2) is 0 Å². The molecule has 2 aromatic carbocycles. The Hall–Kier alpha value is -3.35. The first-order chi connectivity index (χ1) is 14.9. The number of carboxylic acids is 1. The molecule has 1 aliphatic heterocycles. The van der Waals surface area contributed by atoms with Crippen molar-refractivity contribution in [2.75, 3.05) is 19.7 Å². The molecule has 2 atom stereocenters. The molecular weight excluding hydrogens is 396 g/mol. The maximum atomic E-state index is 12.4. The van der Waals surface area contributed by atoms with Crippen LogP contribution in [0.4, 0.5) is 4.79 Å². The van der Waals surface area contributed by atoms with E-state index in [1.807, 2.05) is 24.3 Å². The number of likely N-dealkylation sites (tertiary alicyclic amines) is 1. The minimum atomic E-state index is -0.875. The lowest BCUT2D eigenvalue weighted by Crippen LogP contribution is -2.39. The molecule has 2 aromatic rings. The Morgan fingerprint density at radius 3 is 2.29 bits per heavy atom. The van der Waals surface area contributed by atoms with Gasteiger partial charge in [-0.05, 0) is 35.6 Å². The van der Waals surface area contributed by atoms with E-state index in [-0.39, 0.29) is 31.4 Å². The van der Waals surface area contributed by atoms with Crippen LogP contribution in [0.1, 0.15) is 36.8 Å². The number of fused-ring (bicyclic) bond motifs is 3. The SMILES string of the molecule is CC(CC(=O)N1CCC(C(=O)O)C1)NC(=O)OCC1c2ccccc2-c2ccccc21. The standard InChI is InChI=1S/C24H26N2O5/c1-15(12-22(27)26-11-10-16(13-26)23(28)29)25-24(30)31-14-21-19-8-4-2-6-17(19)18-7-3-5-9-20(18)21/h2-9,15-16,21H,10-14H2,1H3,(H,25,30)(H,28,29). The summed E-state index contributed by atoms with van der Waals surface area (Å²) >= 11 is 0. The Labute approximate surface area is 181 Å². The molecule has 7 nitrogen and oxygen atoms in total. The molecule has 31 heavy (non-hydrogen) atoms. The van der Waals surface area contributed by atoms with Crippen LogP contribution in [-0.2, 0) is 14.3 Å². The van der Waals surface area contributed by atoms with E-state index >= 15 is 0 Å². The first kappa shape index (κ1) is 20.9. The number of benzene rings is 2. The molecule has 2 aliphatic rings. The molecule has 7 heteroatoms. The highest BCUT2D eigenvalue weighted by Crippen LogP contribution is 2.44. The predicted octanol–water partition coefficient (Wildman–Crippen LogP) is 3.24. The molecule has 0 saturated carbocycles. The number of alkyl carbamates (subject to hydrolysis) is 1. The van der Waals surface area contributed by atoms with Crippen LogP contribution >= 0.6 is 0 Å². The van der Waals surface area contributed by atoms with Crippen LogP contribution in [0.25, 0.3) is 11.1 Å². The van der Waals surface area contributed by atoms with E-state index in [1.165, 1.54) is 0 Å². The fourth-order valence-corrected chi connectivity index (χ4v) is 4.47. The summed E-state index contributed by atoms with van der Waals surface area (Å²) in [5.74, 6) is -1.56. The Balaban J connectivity index is 1.30. The summed E-state index contributed by atoms with van der Waals surface area (Å²) in [5, 5.41) is 11.8. The summed E-state index contributed by atoms with van der Waals surface area (Å²) in [6.07, 6.45) is 0.0122. The molecule has 1 fully saturated rings. The summed E-state index contributed by atoms with van der Waals surface area (Å²) in [6, 6.07) is 15.8. The zero-order valence-corrected chi connectivity index (χ0v) is 17.4. The van der Waals surface area contributed by atoms with Gasteiger partial charge in [-0.2, -0.15) is 0 Å². The van der Waals surface area contributed by atoms with Crippen molar-refractivity contribution in [3.05, 3.63) is 59.7 Å². The number of carbonyl (C=O) groups excluding carboxylic acids is 2. The molecule has 2 amide bonds. The normalized spacial score (nSPS) is 18.2. The third-order valence-corrected chi connectivity index (χ3v) is 6.08. The highest BCUT2D eigenvalue weighted by Gasteiger charge is 2.32. The largest absolute Gasteiger partial charge is 0.481 e. The lowest BCUT2D eigenvalue weighted by atomic mass is 9.98. The van der Waals surface area contributed by atoms with Gasteiger partial charge >= 0.3 is 12.1 Å². The second kappa shape index (κ2) is 8.79. The molecule has 162 valence electrons. The molecule has 4 rings (SSSR count). The first-order valence-electron chi connectivity index (χ1n) is 10.6. The number of nitrogens with zero attached hydrogens (tertiary/aromatic N) is 1. The van der Waals surface area contributed by atoms with Crippen LogP contribution in [-0.4, -0.2) is 53.7 Å². The van der Waals surface area contributed by atoms with E-state index in [2.05, 4.69) is 29.6 Å². The van der Waals surface area contributed by atoms with Crippen LogP contribution in [0.3, 0.4) is 0 Å². The van der Waals surface area contributed by atoms with Gasteiger partial charge in [0.25, 0.3) is 0 Å². The molecule has 0 aromatic heterocycles. The van der Waals surface area contributed by atoms with Crippen LogP contribution < -0.4 is 5.32 Å². The minimum Gasteiger partial charge on any atom is -0.481 e. The van der Waals surface area contributed by atoms with Gasteiger partial charge in [0.2, 0.25) is 5.91 Å². The predicted molar refractivity (Wildman–Crippen MR) is 115 cm³/mol. The summed E-state index contributed by atoms with van der Waals surface area (Å²) in [6.45, 7) is 2.62. The quantitative estimate of drug-likeness (QED) is 0.745. The number of hydrogen-bond acceptors (Lipinski definition) is 4.